The standard InChI is InChI=1S/C16H26O4/c1-2-3-9-13-16(19)20-14-11-8-6-4-5-7-10-12-15(17)18/h2-3,9,13H,4-8,10-12,14H2,1H3,(H,17,18)/b3-2+,13-9+. The monoisotopic (exact) mass is 282 g/mol. The molecule has 1 N–H and O–H groups in total. The number of ether oxygens (including phenoxy) is 1. The van der Waals surface area contributed by atoms with E-state index in [0.29, 0.717) is 6.61 Å². The molecule has 0 aromatic carbocycles. The number of rotatable bonds is 12. The highest BCUT2D eigenvalue weighted by molar-refractivity contribution is 5.82. The molecule has 0 heterocycles. The number of carboxylic acid groups (broad SMARTS) is 1. The summed E-state index contributed by atoms with van der Waals surface area (Å²) in [6.45, 7) is 2.36. The molecule has 0 aromatic heterocycles. The third-order valence-corrected chi connectivity index (χ3v) is 2.82. The van der Waals surface area contributed by atoms with Gasteiger partial charge in [0, 0.05) is 12.5 Å². The van der Waals surface area contributed by atoms with E-state index in [-0.39, 0.29) is 12.4 Å². The van der Waals surface area contributed by atoms with Crippen molar-refractivity contribution in [2.45, 2.75) is 58.3 Å². The molecule has 0 aliphatic carbocycles. The maximum Gasteiger partial charge on any atom is 0.330 e. The van der Waals surface area contributed by atoms with Gasteiger partial charge in [0.1, 0.15) is 0 Å². The fourth-order valence-corrected chi connectivity index (χ4v) is 1.73. The molecule has 0 spiro atoms. The lowest BCUT2D eigenvalue weighted by Gasteiger charge is -2.02. The molecule has 0 rings (SSSR count). The molecule has 0 atom stereocenters. The molecule has 114 valence electrons. The fourth-order valence-electron chi connectivity index (χ4n) is 1.73. The molecule has 0 aliphatic heterocycles. The van der Waals surface area contributed by atoms with Crippen LogP contribution in [0, 0.1) is 0 Å². The first-order valence-electron chi connectivity index (χ1n) is 7.34. The number of carbonyl (C=O) groups excluding carboxylic acids is 1. The summed E-state index contributed by atoms with van der Waals surface area (Å²) in [5.41, 5.74) is 0. The van der Waals surface area contributed by atoms with Gasteiger partial charge in [0.25, 0.3) is 0 Å². The lowest BCUT2D eigenvalue weighted by atomic mass is 10.1. The highest BCUT2D eigenvalue weighted by Gasteiger charge is 1.98. The van der Waals surface area contributed by atoms with Gasteiger partial charge in [-0.2, -0.15) is 0 Å². The second-order valence-corrected chi connectivity index (χ2v) is 4.67. The van der Waals surface area contributed by atoms with Crippen LogP contribution in [0.15, 0.2) is 24.3 Å². The van der Waals surface area contributed by atoms with E-state index in [0.717, 1.165) is 44.9 Å². The van der Waals surface area contributed by atoms with E-state index in [1.807, 2.05) is 13.0 Å². The number of hydrogen-bond acceptors (Lipinski definition) is 3. The van der Waals surface area contributed by atoms with Crippen molar-refractivity contribution in [1.29, 1.82) is 0 Å². The number of carboxylic acids is 1. The molecule has 0 aromatic rings. The summed E-state index contributed by atoms with van der Waals surface area (Å²) >= 11 is 0. The summed E-state index contributed by atoms with van der Waals surface area (Å²) in [4.78, 5) is 21.5. The molecular formula is C16H26O4. The Morgan fingerprint density at radius 2 is 1.55 bits per heavy atom. The first kappa shape index (κ1) is 18.4. The Morgan fingerprint density at radius 1 is 0.950 bits per heavy atom. The Labute approximate surface area is 121 Å². The van der Waals surface area contributed by atoms with Crippen LogP contribution in [0.1, 0.15) is 58.3 Å². The summed E-state index contributed by atoms with van der Waals surface area (Å²) in [5.74, 6) is -1.01. The van der Waals surface area contributed by atoms with Crippen LogP contribution < -0.4 is 0 Å². The van der Waals surface area contributed by atoms with Crippen LogP contribution in [0.4, 0.5) is 0 Å². The van der Waals surface area contributed by atoms with E-state index in [2.05, 4.69) is 0 Å². The van der Waals surface area contributed by atoms with Gasteiger partial charge < -0.3 is 9.84 Å². The summed E-state index contributed by atoms with van der Waals surface area (Å²) in [6.07, 6.45) is 14.0. The minimum atomic E-state index is -0.713. The molecular weight excluding hydrogens is 256 g/mol. The van der Waals surface area contributed by atoms with Gasteiger partial charge in [-0.25, -0.2) is 4.79 Å². The van der Waals surface area contributed by atoms with Crippen molar-refractivity contribution in [3.63, 3.8) is 0 Å². The normalized spacial score (nSPS) is 11.2. The lowest BCUT2D eigenvalue weighted by Crippen LogP contribution is -2.02. The van der Waals surface area contributed by atoms with Crippen molar-refractivity contribution in [3.8, 4) is 0 Å². The van der Waals surface area contributed by atoms with E-state index in [9.17, 15) is 9.59 Å². The van der Waals surface area contributed by atoms with Gasteiger partial charge in [-0.3, -0.25) is 4.79 Å². The van der Waals surface area contributed by atoms with Gasteiger partial charge >= 0.3 is 11.9 Å². The van der Waals surface area contributed by atoms with Crippen molar-refractivity contribution < 1.29 is 19.4 Å². The predicted molar refractivity (Wildman–Crippen MR) is 79.5 cm³/mol. The van der Waals surface area contributed by atoms with Crippen LogP contribution in [0.3, 0.4) is 0 Å². The van der Waals surface area contributed by atoms with Crippen LogP contribution in [0.5, 0.6) is 0 Å². The summed E-state index contributed by atoms with van der Waals surface area (Å²) in [7, 11) is 0. The van der Waals surface area contributed by atoms with Gasteiger partial charge in [0.15, 0.2) is 0 Å². The van der Waals surface area contributed by atoms with Gasteiger partial charge in [-0.1, -0.05) is 50.3 Å². The number of unbranched alkanes of at least 4 members (excludes halogenated alkanes) is 6. The first-order valence-corrected chi connectivity index (χ1v) is 7.34. The molecule has 0 saturated heterocycles. The Morgan fingerprint density at radius 3 is 2.15 bits per heavy atom. The van der Waals surface area contributed by atoms with Gasteiger partial charge in [-0.15, -0.1) is 0 Å². The smallest absolute Gasteiger partial charge is 0.330 e. The molecule has 0 saturated carbocycles. The highest BCUT2D eigenvalue weighted by atomic mass is 16.5. The molecule has 0 fully saturated rings. The number of carbonyl (C=O) groups is 2. The molecule has 0 unspecified atom stereocenters. The van der Waals surface area contributed by atoms with Crippen LogP contribution in [-0.4, -0.2) is 23.7 Å². The Kier molecular flexibility index (Phi) is 12.7. The number of allylic oxidation sites excluding steroid dienone is 3. The van der Waals surface area contributed by atoms with Crippen LogP contribution in [0.25, 0.3) is 0 Å². The maximum atomic E-state index is 11.2. The van der Waals surface area contributed by atoms with E-state index < -0.39 is 5.97 Å². The predicted octanol–water partition coefficient (Wildman–Crippen LogP) is 3.87. The minimum Gasteiger partial charge on any atom is -0.481 e. The van der Waals surface area contributed by atoms with Crippen LogP contribution >= 0.6 is 0 Å². The van der Waals surface area contributed by atoms with Crippen molar-refractivity contribution in [2.24, 2.45) is 0 Å². The molecule has 0 amide bonds. The van der Waals surface area contributed by atoms with Gasteiger partial charge in [-0.05, 0) is 19.8 Å². The zero-order valence-electron chi connectivity index (χ0n) is 12.3. The number of aliphatic carboxylic acids is 1. The average Bonchev–Trinajstić information content (AvgIpc) is 2.41. The first-order chi connectivity index (χ1) is 9.66. The summed E-state index contributed by atoms with van der Waals surface area (Å²) in [5, 5.41) is 8.48. The van der Waals surface area contributed by atoms with E-state index >= 15 is 0 Å². The average molecular weight is 282 g/mol. The topological polar surface area (TPSA) is 63.6 Å². The van der Waals surface area contributed by atoms with Gasteiger partial charge in [0.2, 0.25) is 0 Å². The molecule has 0 radical (unpaired) electrons. The Balaban J connectivity index is 3.24. The van der Waals surface area contributed by atoms with E-state index in [1.165, 1.54) is 6.08 Å². The quantitative estimate of drug-likeness (QED) is 0.255. The molecule has 4 nitrogen and oxygen atoms in total. The second-order valence-electron chi connectivity index (χ2n) is 4.67. The lowest BCUT2D eigenvalue weighted by molar-refractivity contribution is -0.138. The fraction of sp³-hybridized carbons (Fsp3) is 0.625. The summed E-state index contributed by atoms with van der Waals surface area (Å²) in [6, 6.07) is 0. The molecule has 20 heavy (non-hydrogen) atoms. The molecule has 4 heteroatoms. The third kappa shape index (κ3) is 14.5. The SMILES string of the molecule is C/C=C/C=C/C(=O)OCCCCCCCCCC(=O)O. The Bertz CT molecular complexity index is 318. The van der Waals surface area contributed by atoms with E-state index in [4.69, 9.17) is 9.84 Å². The molecule has 0 aliphatic rings. The van der Waals surface area contributed by atoms with Crippen LogP contribution in [0.2, 0.25) is 0 Å². The Hall–Kier alpha value is -1.58. The van der Waals surface area contributed by atoms with Crippen molar-refractivity contribution in [1.82, 2.24) is 0 Å². The van der Waals surface area contributed by atoms with E-state index in [1.54, 1.807) is 12.2 Å². The zero-order valence-corrected chi connectivity index (χ0v) is 12.3. The summed E-state index contributed by atoms with van der Waals surface area (Å²) < 4.78 is 5.04. The van der Waals surface area contributed by atoms with Crippen molar-refractivity contribution in [3.05, 3.63) is 24.3 Å². The maximum absolute atomic E-state index is 11.2. The second kappa shape index (κ2) is 13.8. The zero-order chi connectivity index (χ0) is 15.1. The molecule has 0 bridgehead atoms. The third-order valence-electron chi connectivity index (χ3n) is 2.82. The minimum absolute atomic E-state index is 0.274. The highest BCUT2D eigenvalue weighted by Crippen LogP contribution is 2.08. The largest absolute Gasteiger partial charge is 0.481 e. The van der Waals surface area contributed by atoms with Gasteiger partial charge in [0.05, 0.1) is 6.61 Å². The number of esters is 1. The van der Waals surface area contributed by atoms with Crippen molar-refractivity contribution in [2.75, 3.05) is 6.61 Å². The number of hydrogen-bond donors (Lipinski definition) is 1. The van der Waals surface area contributed by atoms with Crippen LogP contribution in [-0.2, 0) is 14.3 Å². The van der Waals surface area contributed by atoms with Crippen molar-refractivity contribution >= 4 is 11.9 Å².